The molecule has 1 saturated heterocycles. The van der Waals surface area contributed by atoms with Crippen LogP contribution >= 0.6 is 15.9 Å². The second-order valence-electron chi connectivity index (χ2n) is 3.99. The molecular weight excluding hydrogens is 240 g/mol. The lowest BCUT2D eigenvalue weighted by molar-refractivity contribution is 0.182. The van der Waals surface area contributed by atoms with Gasteiger partial charge in [0.05, 0.1) is 0 Å². The van der Waals surface area contributed by atoms with E-state index in [1.807, 2.05) is 0 Å². The van der Waals surface area contributed by atoms with Crippen molar-refractivity contribution in [1.29, 1.82) is 0 Å². The molecule has 0 aromatic carbocycles. The predicted molar refractivity (Wildman–Crippen MR) is 65.8 cm³/mol. The zero-order valence-electron chi connectivity index (χ0n) is 9.06. The first-order valence-corrected chi connectivity index (χ1v) is 6.31. The largest absolute Gasteiger partial charge is 0.315 e. The molecule has 3 heteroatoms. The fourth-order valence-electron chi connectivity index (χ4n) is 2.04. The molecule has 0 saturated carbocycles. The highest BCUT2D eigenvalue weighted by molar-refractivity contribution is 9.11. The molecule has 0 aliphatic carbocycles. The molecule has 14 heavy (non-hydrogen) atoms. The van der Waals surface area contributed by atoms with Gasteiger partial charge in [0.25, 0.3) is 0 Å². The lowest BCUT2D eigenvalue weighted by Crippen LogP contribution is -2.46. The molecule has 2 nitrogen and oxygen atoms in total. The van der Waals surface area contributed by atoms with Crippen molar-refractivity contribution in [3.8, 4) is 0 Å². The summed E-state index contributed by atoms with van der Waals surface area (Å²) in [6.07, 6.45) is 3.85. The van der Waals surface area contributed by atoms with Gasteiger partial charge in [0, 0.05) is 23.6 Å². The minimum Gasteiger partial charge on any atom is -0.315 e. The Kier molecular flexibility index (Phi) is 5.75. The van der Waals surface area contributed by atoms with Gasteiger partial charge in [-0.15, -0.1) is 0 Å². The Balaban J connectivity index is 2.42. The number of halogens is 1. The van der Waals surface area contributed by atoms with Crippen molar-refractivity contribution in [2.24, 2.45) is 0 Å². The molecule has 82 valence electrons. The summed E-state index contributed by atoms with van der Waals surface area (Å²) in [6.45, 7) is 10.7. The van der Waals surface area contributed by atoms with Crippen LogP contribution in [0.15, 0.2) is 11.1 Å². The third kappa shape index (κ3) is 4.11. The average Bonchev–Trinajstić information content (AvgIpc) is 2.18. The SMILES string of the molecule is C=C(Br)CN(CCC)C1CCCNC1. The van der Waals surface area contributed by atoms with Gasteiger partial charge in [-0.05, 0) is 32.4 Å². The lowest BCUT2D eigenvalue weighted by Gasteiger charge is -2.34. The molecule has 0 aromatic rings. The van der Waals surface area contributed by atoms with E-state index in [2.05, 4.69) is 39.6 Å². The molecule has 0 aromatic heterocycles. The van der Waals surface area contributed by atoms with Crippen molar-refractivity contribution in [2.75, 3.05) is 26.2 Å². The van der Waals surface area contributed by atoms with Crippen LogP contribution in [-0.4, -0.2) is 37.1 Å². The summed E-state index contributed by atoms with van der Waals surface area (Å²) in [6, 6.07) is 0.706. The molecule has 0 bridgehead atoms. The van der Waals surface area contributed by atoms with Gasteiger partial charge in [0.1, 0.15) is 0 Å². The van der Waals surface area contributed by atoms with Gasteiger partial charge >= 0.3 is 0 Å². The maximum absolute atomic E-state index is 3.93. The fourth-order valence-corrected chi connectivity index (χ4v) is 2.37. The number of rotatable bonds is 5. The maximum Gasteiger partial charge on any atom is 0.0297 e. The summed E-state index contributed by atoms with van der Waals surface area (Å²) in [5.74, 6) is 0. The standard InChI is InChI=1S/C11H21BrN2/c1-3-7-14(9-10(2)12)11-5-4-6-13-8-11/h11,13H,2-9H2,1H3. The van der Waals surface area contributed by atoms with Gasteiger partial charge in [-0.3, -0.25) is 4.90 Å². The van der Waals surface area contributed by atoms with Gasteiger partial charge in [-0.1, -0.05) is 29.4 Å². The van der Waals surface area contributed by atoms with E-state index < -0.39 is 0 Å². The first-order valence-electron chi connectivity index (χ1n) is 5.52. The molecule has 1 rings (SSSR count). The Hall–Kier alpha value is 0.140. The van der Waals surface area contributed by atoms with Crippen molar-refractivity contribution >= 4 is 15.9 Å². The molecule has 1 aliphatic rings. The molecule has 1 atom stereocenters. The second kappa shape index (κ2) is 6.59. The van der Waals surface area contributed by atoms with Crippen LogP contribution in [0.5, 0.6) is 0 Å². The zero-order chi connectivity index (χ0) is 10.4. The van der Waals surface area contributed by atoms with E-state index in [-0.39, 0.29) is 0 Å². The van der Waals surface area contributed by atoms with Crippen molar-refractivity contribution in [3.63, 3.8) is 0 Å². The molecular formula is C11H21BrN2. The highest BCUT2D eigenvalue weighted by Gasteiger charge is 2.19. The fraction of sp³-hybridized carbons (Fsp3) is 0.818. The van der Waals surface area contributed by atoms with E-state index in [1.165, 1.54) is 32.4 Å². The van der Waals surface area contributed by atoms with E-state index >= 15 is 0 Å². The van der Waals surface area contributed by atoms with Gasteiger partial charge in [-0.2, -0.15) is 0 Å². The number of piperidine rings is 1. The van der Waals surface area contributed by atoms with E-state index in [1.54, 1.807) is 0 Å². The molecule has 0 amide bonds. The van der Waals surface area contributed by atoms with Gasteiger partial charge < -0.3 is 5.32 Å². The van der Waals surface area contributed by atoms with Crippen LogP contribution in [0.2, 0.25) is 0 Å². The number of nitrogens with zero attached hydrogens (tertiary/aromatic N) is 1. The van der Waals surface area contributed by atoms with Crippen LogP contribution < -0.4 is 5.32 Å². The minimum absolute atomic E-state index is 0.706. The Morgan fingerprint density at radius 2 is 2.43 bits per heavy atom. The van der Waals surface area contributed by atoms with Crippen LogP contribution in [0.25, 0.3) is 0 Å². The number of hydrogen-bond acceptors (Lipinski definition) is 2. The normalized spacial score (nSPS) is 22.6. The highest BCUT2D eigenvalue weighted by atomic mass is 79.9. The molecule has 0 spiro atoms. The van der Waals surface area contributed by atoms with Crippen LogP contribution in [0, 0.1) is 0 Å². The summed E-state index contributed by atoms with van der Waals surface area (Å²) in [5, 5.41) is 3.46. The molecule has 1 N–H and O–H groups in total. The summed E-state index contributed by atoms with van der Waals surface area (Å²) >= 11 is 3.46. The quantitative estimate of drug-likeness (QED) is 0.817. The highest BCUT2D eigenvalue weighted by Crippen LogP contribution is 2.14. The Morgan fingerprint density at radius 3 is 2.93 bits per heavy atom. The smallest absolute Gasteiger partial charge is 0.0297 e. The third-order valence-corrected chi connectivity index (χ3v) is 2.92. The molecule has 1 fully saturated rings. The van der Waals surface area contributed by atoms with E-state index in [9.17, 15) is 0 Å². The van der Waals surface area contributed by atoms with Crippen LogP contribution in [0.1, 0.15) is 26.2 Å². The third-order valence-electron chi connectivity index (χ3n) is 2.67. The molecule has 0 radical (unpaired) electrons. The second-order valence-corrected chi connectivity index (χ2v) is 5.11. The average molecular weight is 261 g/mol. The first kappa shape index (κ1) is 12.2. The van der Waals surface area contributed by atoms with Gasteiger partial charge in [-0.25, -0.2) is 0 Å². The Bertz CT molecular complexity index is 176. The topological polar surface area (TPSA) is 15.3 Å². The zero-order valence-corrected chi connectivity index (χ0v) is 10.6. The lowest BCUT2D eigenvalue weighted by atomic mass is 10.1. The minimum atomic E-state index is 0.706. The Morgan fingerprint density at radius 1 is 1.64 bits per heavy atom. The summed E-state index contributed by atoms with van der Waals surface area (Å²) in [4.78, 5) is 2.53. The monoisotopic (exact) mass is 260 g/mol. The van der Waals surface area contributed by atoms with Gasteiger partial charge in [0.2, 0.25) is 0 Å². The Labute approximate surface area is 95.9 Å². The molecule has 1 aliphatic heterocycles. The van der Waals surface area contributed by atoms with E-state index in [0.717, 1.165) is 17.6 Å². The summed E-state index contributed by atoms with van der Waals surface area (Å²) < 4.78 is 1.09. The van der Waals surface area contributed by atoms with Crippen molar-refractivity contribution in [2.45, 2.75) is 32.2 Å². The maximum atomic E-state index is 3.93. The van der Waals surface area contributed by atoms with E-state index in [4.69, 9.17) is 0 Å². The van der Waals surface area contributed by atoms with Crippen LogP contribution in [0.4, 0.5) is 0 Å². The van der Waals surface area contributed by atoms with Crippen molar-refractivity contribution < 1.29 is 0 Å². The van der Waals surface area contributed by atoms with Crippen LogP contribution in [-0.2, 0) is 0 Å². The number of hydrogen-bond donors (Lipinski definition) is 1. The molecule has 1 heterocycles. The van der Waals surface area contributed by atoms with Gasteiger partial charge in [0.15, 0.2) is 0 Å². The first-order chi connectivity index (χ1) is 6.74. The van der Waals surface area contributed by atoms with E-state index in [0.29, 0.717) is 6.04 Å². The van der Waals surface area contributed by atoms with Crippen molar-refractivity contribution in [3.05, 3.63) is 11.1 Å². The van der Waals surface area contributed by atoms with Crippen LogP contribution in [0.3, 0.4) is 0 Å². The number of nitrogens with one attached hydrogen (secondary N) is 1. The van der Waals surface area contributed by atoms with Crippen molar-refractivity contribution in [1.82, 2.24) is 10.2 Å². The summed E-state index contributed by atoms with van der Waals surface area (Å²) in [7, 11) is 0. The molecule has 1 unspecified atom stereocenters. The summed E-state index contributed by atoms with van der Waals surface area (Å²) in [5.41, 5.74) is 0. The predicted octanol–water partition coefficient (Wildman–Crippen LogP) is 2.36.